The van der Waals surface area contributed by atoms with E-state index in [4.69, 9.17) is 11.6 Å². The summed E-state index contributed by atoms with van der Waals surface area (Å²) in [6, 6.07) is 2.03. The van der Waals surface area contributed by atoms with Gasteiger partial charge >= 0.3 is 0 Å². The summed E-state index contributed by atoms with van der Waals surface area (Å²) in [6.45, 7) is 6.51. The second kappa shape index (κ2) is 4.32. The summed E-state index contributed by atoms with van der Waals surface area (Å²) >= 11 is 7.58. The maximum Gasteiger partial charge on any atom is 0.0961 e. The average molecular weight is 259 g/mol. The van der Waals surface area contributed by atoms with Crippen molar-refractivity contribution in [1.29, 1.82) is 0 Å². The average Bonchev–Trinajstić information content (AvgIpc) is 2.70. The molecule has 1 heterocycles. The monoisotopic (exact) mass is 258 g/mol. The first-order valence-electron chi connectivity index (χ1n) is 5.86. The minimum atomic E-state index is -0.339. The Morgan fingerprint density at radius 1 is 1.56 bits per heavy atom. The van der Waals surface area contributed by atoms with Crippen molar-refractivity contribution in [2.24, 2.45) is 11.3 Å². The molecule has 1 aromatic heterocycles. The van der Waals surface area contributed by atoms with E-state index >= 15 is 0 Å². The molecule has 0 radical (unpaired) electrons. The van der Waals surface area contributed by atoms with Crippen molar-refractivity contribution >= 4 is 22.9 Å². The van der Waals surface area contributed by atoms with Gasteiger partial charge in [-0.15, -0.1) is 11.3 Å². The molecule has 0 amide bonds. The smallest absolute Gasteiger partial charge is 0.0961 e. The predicted octanol–water partition coefficient (Wildman–Crippen LogP) is 4.57. The highest BCUT2D eigenvalue weighted by molar-refractivity contribution is 7.16. The van der Waals surface area contributed by atoms with Gasteiger partial charge in [0.1, 0.15) is 0 Å². The molecule has 2 rings (SSSR count). The third-order valence-corrected chi connectivity index (χ3v) is 5.51. The number of hydrogen-bond donors (Lipinski definition) is 1. The lowest BCUT2D eigenvalue weighted by molar-refractivity contribution is 0.0558. The third-order valence-electron chi connectivity index (χ3n) is 3.89. The summed E-state index contributed by atoms with van der Waals surface area (Å²) in [5.74, 6) is 0.376. The van der Waals surface area contributed by atoms with Gasteiger partial charge in [0, 0.05) is 4.88 Å². The number of aliphatic hydroxyl groups excluding tert-OH is 1. The van der Waals surface area contributed by atoms with Crippen LogP contribution in [-0.4, -0.2) is 5.11 Å². The molecule has 1 fully saturated rings. The molecule has 2 unspecified atom stereocenters. The minimum Gasteiger partial charge on any atom is -0.387 e. The van der Waals surface area contributed by atoms with Crippen LogP contribution in [0.25, 0.3) is 0 Å². The van der Waals surface area contributed by atoms with Gasteiger partial charge in [-0.3, -0.25) is 0 Å². The molecule has 1 aromatic rings. The van der Waals surface area contributed by atoms with Crippen LogP contribution in [0.2, 0.25) is 4.34 Å². The fourth-order valence-corrected chi connectivity index (χ4v) is 4.04. The van der Waals surface area contributed by atoms with Gasteiger partial charge in [0.2, 0.25) is 0 Å². The number of halogens is 1. The Bertz CT molecular complexity index is 364. The molecule has 1 saturated carbocycles. The summed E-state index contributed by atoms with van der Waals surface area (Å²) in [5.41, 5.74) is 1.33. The number of aliphatic hydroxyl groups is 1. The van der Waals surface area contributed by atoms with Crippen LogP contribution in [0.1, 0.15) is 49.7 Å². The van der Waals surface area contributed by atoms with Gasteiger partial charge in [0.05, 0.1) is 10.4 Å². The van der Waals surface area contributed by atoms with Crippen LogP contribution in [0.5, 0.6) is 0 Å². The zero-order chi connectivity index (χ0) is 11.9. The second-order valence-corrected chi connectivity index (χ2v) is 7.22. The summed E-state index contributed by atoms with van der Waals surface area (Å²) in [7, 11) is 0. The van der Waals surface area contributed by atoms with E-state index in [-0.39, 0.29) is 11.5 Å². The van der Waals surface area contributed by atoms with Crippen molar-refractivity contribution < 1.29 is 5.11 Å². The molecular weight excluding hydrogens is 240 g/mol. The highest BCUT2D eigenvalue weighted by Gasteiger charge is 2.39. The van der Waals surface area contributed by atoms with E-state index in [1.54, 1.807) is 0 Å². The summed E-state index contributed by atoms with van der Waals surface area (Å²) in [4.78, 5) is 1.03. The van der Waals surface area contributed by atoms with E-state index in [0.717, 1.165) is 21.2 Å². The zero-order valence-electron chi connectivity index (χ0n) is 10.1. The topological polar surface area (TPSA) is 20.2 Å². The molecule has 0 bridgehead atoms. The highest BCUT2D eigenvalue weighted by Crippen LogP contribution is 2.50. The molecule has 2 atom stereocenters. The van der Waals surface area contributed by atoms with E-state index < -0.39 is 0 Å². The van der Waals surface area contributed by atoms with Gasteiger partial charge < -0.3 is 5.11 Å². The van der Waals surface area contributed by atoms with Crippen LogP contribution >= 0.6 is 22.9 Å². The van der Waals surface area contributed by atoms with Gasteiger partial charge in [-0.1, -0.05) is 31.9 Å². The van der Waals surface area contributed by atoms with Crippen LogP contribution in [0.4, 0.5) is 0 Å². The molecular formula is C13H19ClOS. The number of aryl methyl sites for hydroxylation is 1. The first-order valence-corrected chi connectivity index (χ1v) is 7.05. The second-order valence-electron chi connectivity index (χ2n) is 5.54. The van der Waals surface area contributed by atoms with Gasteiger partial charge in [0.25, 0.3) is 0 Å². The van der Waals surface area contributed by atoms with Crippen LogP contribution in [-0.2, 0) is 0 Å². The first-order chi connectivity index (χ1) is 7.42. The molecule has 16 heavy (non-hydrogen) atoms. The Morgan fingerprint density at radius 2 is 2.25 bits per heavy atom. The number of rotatable bonds is 2. The van der Waals surface area contributed by atoms with Crippen molar-refractivity contribution in [3.63, 3.8) is 0 Å². The molecule has 1 nitrogen and oxygen atoms in total. The van der Waals surface area contributed by atoms with Crippen molar-refractivity contribution in [1.82, 2.24) is 0 Å². The zero-order valence-corrected chi connectivity index (χ0v) is 11.7. The normalized spacial score (nSPS) is 25.9. The number of hydrogen-bond acceptors (Lipinski definition) is 2. The largest absolute Gasteiger partial charge is 0.387 e. The lowest BCUT2D eigenvalue weighted by atomic mass is 9.78. The van der Waals surface area contributed by atoms with Gasteiger partial charge in [0.15, 0.2) is 0 Å². The van der Waals surface area contributed by atoms with E-state index in [1.165, 1.54) is 24.2 Å². The van der Waals surface area contributed by atoms with Crippen LogP contribution in [0, 0.1) is 18.3 Å². The maximum absolute atomic E-state index is 10.4. The van der Waals surface area contributed by atoms with Crippen LogP contribution < -0.4 is 0 Å². The van der Waals surface area contributed by atoms with E-state index in [1.807, 2.05) is 13.0 Å². The molecule has 90 valence electrons. The van der Waals surface area contributed by atoms with E-state index in [2.05, 4.69) is 13.8 Å². The lowest BCUT2D eigenvalue weighted by Gasteiger charge is -2.30. The molecule has 3 heteroatoms. The Balaban J connectivity index is 2.22. The Hall–Kier alpha value is -0.0500. The SMILES string of the molecule is Cc1cc(C(O)C2CCCC2(C)C)sc1Cl. The van der Waals surface area contributed by atoms with Gasteiger partial charge in [-0.25, -0.2) is 0 Å². The Labute approximate surface area is 106 Å². The Kier molecular flexibility index (Phi) is 3.35. The summed E-state index contributed by atoms with van der Waals surface area (Å²) in [5, 5.41) is 10.4. The highest BCUT2D eigenvalue weighted by atomic mass is 35.5. The molecule has 1 aliphatic rings. The van der Waals surface area contributed by atoms with Gasteiger partial charge in [-0.2, -0.15) is 0 Å². The third kappa shape index (κ3) is 2.15. The number of thiophene rings is 1. The predicted molar refractivity (Wildman–Crippen MR) is 70.1 cm³/mol. The van der Waals surface area contributed by atoms with Crippen molar-refractivity contribution in [3.05, 3.63) is 20.8 Å². The van der Waals surface area contributed by atoms with E-state index in [0.29, 0.717) is 5.92 Å². The van der Waals surface area contributed by atoms with E-state index in [9.17, 15) is 5.11 Å². The quantitative estimate of drug-likeness (QED) is 0.824. The molecule has 0 aliphatic heterocycles. The van der Waals surface area contributed by atoms with Crippen LogP contribution in [0.15, 0.2) is 6.07 Å². The van der Waals surface area contributed by atoms with Gasteiger partial charge in [-0.05, 0) is 42.7 Å². The molecule has 0 spiro atoms. The summed E-state index contributed by atoms with van der Waals surface area (Å²) < 4.78 is 0.810. The molecule has 1 N–H and O–H groups in total. The fraction of sp³-hybridized carbons (Fsp3) is 0.692. The standard InChI is InChI=1S/C13H19ClOS/c1-8-7-10(16-12(8)14)11(15)9-5-4-6-13(9,2)3/h7,9,11,15H,4-6H2,1-3H3. The van der Waals surface area contributed by atoms with Crippen molar-refractivity contribution in [2.45, 2.75) is 46.1 Å². The van der Waals surface area contributed by atoms with Crippen LogP contribution in [0.3, 0.4) is 0 Å². The van der Waals surface area contributed by atoms with Crippen molar-refractivity contribution in [3.8, 4) is 0 Å². The fourth-order valence-electron chi connectivity index (χ4n) is 2.77. The maximum atomic E-state index is 10.4. The first kappa shape index (κ1) is 12.4. The summed E-state index contributed by atoms with van der Waals surface area (Å²) in [6.07, 6.45) is 3.23. The Morgan fingerprint density at radius 3 is 2.69 bits per heavy atom. The van der Waals surface area contributed by atoms with Crippen molar-refractivity contribution in [2.75, 3.05) is 0 Å². The lowest BCUT2D eigenvalue weighted by Crippen LogP contribution is -2.23. The molecule has 0 aromatic carbocycles. The minimum absolute atomic E-state index is 0.254. The molecule has 0 saturated heterocycles. The molecule has 1 aliphatic carbocycles.